The lowest BCUT2D eigenvalue weighted by Gasteiger charge is -2.25. The Morgan fingerprint density at radius 1 is 1.17 bits per heavy atom. The topological polar surface area (TPSA) is 93.1 Å². The minimum Gasteiger partial charge on any atom is -0.503 e. The smallest absolute Gasteiger partial charge is 0.436 e. The summed E-state index contributed by atoms with van der Waals surface area (Å²) in [4.78, 5) is 22.5. The molecular formula is C10H16O6S2. The van der Waals surface area contributed by atoms with Gasteiger partial charge in [-0.3, -0.25) is 9.59 Å². The maximum absolute atomic E-state index is 11.2. The summed E-state index contributed by atoms with van der Waals surface area (Å²) < 4.78 is 9.06. The summed E-state index contributed by atoms with van der Waals surface area (Å²) in [6, 6.07) is 0. The van der Waals surface area contributed by atoms with E-state index in [9.17, 15) is 19.8 Å². The molecule has 0 aromatic rings. The van der Waals surface area contributed by atoms with Gasteiger partial charge < -0.3 is 19.7 Å². The second kappa shape index (κ2) is 8.28. The first kappa shape index (κ1) is 17.1. The molecule has 0 aliphatic heterocycles. The molecule has 104 valence electrons. The van der Waals surface area contributed by atoms with Crippen LogP contribution in [0.1, 0.15) is 19.8 Å². The molecule has 8 heteroatoms. The van der Waals surface area contributed by atoms with E-state index in [-0.39, 0.29) is 24.3 Å². The lowest BCUT2D eigenvalue weighted by molar-refractivity contribution is -0.314. The number of carbonyl (C=O) groups excluding carboxylic acids is 2. The van der Waals surface area contributed by atoms with Crippen molar-refractivity contribution in [3.8, 4) is 0 Å². The molecular weight excluding hydrogens is 280 g/mol. The average molecular weight is 296 g/mol. The minimum atomic E-state index is -2.80. The molecule has 0 heterocycles. The number of esters is 2. The predicted octanol–water partition coefficient (Wildman–Crippen LogP) is 0.820. The third kappa shape index (κ3) is 5.65. The molecule has 0 unspecified atom stereocenters. The van der Waals surface area contributed by atoms with Crippen molar-refractivity contribution in [3.05, 3.63) is 11.8 Å². The van der Waals surface area contributed by atoms with Gasteiger partial charge in [0, 0.05) is 11.5 Å². The maximum atomic E-state index is 11.2. The molecule has 0 fully saturated rings. The monoisotopic (exact) mass is 296 g/mol. The Balaban J connectivity index is 4.84. The molecule has 0 atom stereocenters. The molecule has 0 bridgehead atoms. The van der Waals surface area contributed by atoms with E-state index in [4.69, 9.17) is 0 Å². The summed E-state index contributed by atoms with van der Waals surface area (Å²) in [6.07, 6.45) is 0.834. The zero-order chi connectivity index (χ0) is 14.2. The van der Waals surface area contributed by atoms with E-state index in [1.807, 2.05) is 0 Å². The average Bonchev–Trinajstić information content (AvgIpc) is 2.27. The van der Waals surface area contributed by atoms with E-state index in [1.54, 1.807) is 0 Å². The van der Waals surface area contributed by atoms with Crippen LogP contribution in [0.25, 0.3) is 0 Å². The van der Waals surface area contributed by atoms with Gasteiger partial charge in [0.05, 0.1) is 12.8 Å². The number of hydrogen-bond acceptors (Lipinski definition) is 8. The Morgan fingerprint density at radius 2 is 1.56 bits per heavy atom. The van der Waals surface area contributed by atoms with Crippen LogP contribution in [-0.4, -0.2) is 39.6 Å². The fourth-order valence-corrected chi connectivity index (χ4v) is 1.27. The molecule has 0 amide bonds. The van der Waals surface area contributed by atoms with Crippen LogP contribution < -0.4 is 0 Å². The lowest BCUT2D eigenvalue weighted by Crippen LogP contribution is -2.42. The standard InChI is InChI=1S/C10H16O6S2/c1-2-7(11)10(14,15-8(12)3-5-17)16-9(13)4-6-18/h2,11,14,17-18H,3-6H2,1H3. The molecule has 0 saturated carbocycles. The van der Waals surface area contributed by atoms with Crippen molar-refractivity contribution in [2.45, 2.75) is 25.7 Å². The lowest BCUT2D eigenvalue weighted by atomic mass is 10.4. The summed E-state index contributed by atoms with van der Waals surface area (Å²) >= 11 is 7.62. The second-order valence-corrected chi connectivity index (χ2v) is 4.05. The molecule has 0 radical (unpaired) electrons. The highest BCUT2D eigenvalue weighted by Crippen LogP contribution is 2.20. The Kier molecular flexibility index (Phi) is 7.88. The summed E-state index contributed by atoms with van der Waals surface area (Å²) in [5.41, 5.74) is 0. The summed E-state index contributed by atoms with van der Waals surface area (Å²) in [5.74, 6) is -4.93. The number of thiol groups is 2. The molecule has 0 aromatic carbocycles. The van der Waals surface area contributed by atoms with E-state index in [1.165, 1.54) is 6.92 Å². The van der Waals surface area contributed by atoms with Crippen LogP contribution in [0.3, 0.4) is 0 Å². The first-order valence-corrected chi connectivity index (χ1v) is 6.39. The SMILES string of the molecule is CC=C(O)C(O)(OC(=O)CCS)OC(=O)CCS. The summed E-state index contributed by atoms with van der Waals surface area (Å²) in [5, 5.41) is 19.2. The fraction of sp³-hybridized carbons (Fsp3) is 0.600. The Hall–Kier alpha value is -0.860. The van der Waals surface area contributed by atoms with Gasteiger partial charge >= 0.3 is 17.9 Å². The predicted molar refractivity (Wildman–Crippen MR) is 70.5 cm³/mol. The van der Waals surface area contributed by atoms with Crippen LogP contribution in [-0.2, 0) is 19.1 Å². The molecule has 18 heavy (non-hydrogen) atoms. The van der Waals surface area contributed by atoms with Crippen molar-refractivity contribution in [2.24, 2.45) is 0 Å². The van der Waals surface area contributed by atoms with Crippen molar-refractivity contribution < 1.29 is 29.3 Å². The van der Waals surface area contributed by atoms with Crippen LogP contribution in [0.2, 0.25) is 0 Å². The Labute approximate surface area is 116 Å². The first-order valence-electron chi connectivity index (χ1n) is 5.13. The van der Waals surface area contributed by atoms with Crippen LogP contribution in [0, 0.1) is 0 Å². The molecule has 0 rings (SSSR count). The molecule has 0 aromatic heterocycles. The van der Waals surface area contributed by atoms with Gasteiger partial charge in [0.25, 0.3) is 0 Å². The van der Waals surface area contributed by atoms with Gasteiger partial charge in [0.1, 0.15) is 0 Å². The highest BCUT2D eigenvalue weighted by Gasteiger charge is 2.41. The summed E-state index contributed by atoms with van der Waals surface area (Å²) in [6.45, 7) is 1.37. The van der Waals surface area contributed by atoms with Crippen LogP contribution in [0.5, 0.6) is 0 Å². The van der Waals surface area contributed by atoms with Crippen molar-refractivity contribution in [1.29, 1.82) is 0 Å². The molecule has 0 aliphatic rings. The molecule has 0 saturated heterocycles. The van der Waals surface area contributed by atoms with E-state index >= 15 is 0 Å². The van der Waals surface area contributed by atoms with Crippen molar-refractivity contribution in [2.75, 3.05) is 11.5 Å². The number of rotatable bonds is 7. The quantitative estimate of drug-likeness (QED) is 0.241. The van der Waals surface area contributed by atoms with Crippen LogP contribution >= 0.6 is 25.3 Å². The van der Waals surface area contributed by atoms with Crippen molar-refractivity contribution in [3.63, 3.8) is 0 Å². The van der Waals surface area contributed by atoms with Crippen LogP contribution in [0.4, 0.5) is 0 Å². The number of aliphatic hydroxyl groups excluding tert-OH is 1. The van der Waals surface area contributed by atoms with Gasteiger partial charge in [-0.2, -0.15) is 25.3 Å². The minimum absolute atomic E-state index is 0.105. The number of hydrogen-bond donors (Lipinski definition) is 4. The van der Waals surface area contributed by atoms with Gasteiger partial charge in [0.15, 0.2) is 0 Å². The first-order chi connectivity index (χ1) is 8.39. The molecule has 6 nitrogen and oxygen atoms in total. The maximum Gasteiger partial charge on any atom is 0.436 e. The van der Waals surface area contributed by atoms with Gasteiger partial charge in [-0.25, -0.2) is 0 Å². The van der Waals surface area contributed by atoms with Crippen molar-refractivity contribution in [1.82, 2.24) is 0 Å². The highest BCUT2D eigenvalue weighted by molar-refractivity contribution is 7.80. The third-order valence-electron chi connectivity index (χ3n) is 1.73. The van der Waals surface area contributed by atoms with Gasteiger partial charge in [-0.05, 0) is 13.0 Å². The summed E-state index contributed by atoms with van der Waals surface area (Å²) in [7, 11) is 0. The Bertz CT molecular complexity index is 308. The normalized spacial score (nSPS) is 12.1. The van der Waals surface area contributed by atoms with Gasteiger partial charge in [-0.1, -0.05) is 0 Å². The fourth-order valence-electron chi connectivity index (χ4n) is 0.901. The highest BCUT2D eigenvalue weighted by atomic mass is 32.1. The van der Waals surface area contributed by atoms with E-state index in [2.05, 4.69) is 34.7 Å². The van der Waals surface area contributed by atoms with E-state index in [0.29, 0.717) is 0 Å². The molecule has 2 N–H and O–H groups in total. The zero-order valence-electron chi connectivity index (χ0n) is 9.83. The van der Waals surface area contributed by atoms with Crippen molar-refractivity contribution >= 4 is 37.2 Å². The second-order valence-electron chi connectivity index (χ2n) is 3.15. The van der Waals surface area contributed by atoms with E-state index in [0.717, 1.165) is 6.08 Å². The zero-order valence-corrected chi connectivity index (χ0v) is 11.6. The van der Waals surface area contributed by atoms with E-state index < -0.39 is 23.7 Å². The molecule has 0 spiro atoms. The largest absolute Gasteiger partial charge is 0.503 e. The number of allylic oxidation sites excluding steroid dienone is 1. The number of ether oxygens (including phenoxy) is 2. The van der Waals surface area contributed by atoms with Crippen LogP contribution in [0.15, 0.2) is 11.8 Å². The van der Waals surface area contributed by atoms with Gasteiger partial charge in [0.2, 0.25) is 5.76 Å². The number of aliphatic hydroxyl groups is 2. The number of carbonyl (C=O) groups is 2. The molecule has 0 aliphatic carbocycles. The van der Waals surface area contributed by atoms with Gasteiger partial charge in [-0.15, -0.1) is 0 Å². The Morgan fingerprint density at radius 3 is 1.83 bits per heavy atom. The third-order valence-corrected chi connectivity index (χ3v) is 2.18.